The summed E-state index contributed by atoms with van der Waals surface area (Å²) in [5, 5.41) is 9.86. The summed E-state index contributed by atoms with van der Waals surface area (Å²) in [6, 6.07) is 73.2. The van der Waals surface area contributed by atoms with Crippen LogP contribution in [0.25, 0.3) is 106 Å². The van der Waals surface area contributed by atoms with E-state index in [9.17, 15) is 0 Å². The van der Waals surface area contributed by atoms with E-state index in [4.69, 9.17) is 9.97 Å². The van der Waals surface area contributed by atoms with Gasteiger partial charge in [0.2, 0.25) is 0 Å². The maximum absolute atomic E-state index is 4.81. The normalized spacial score (nSPS) is 11.8. The Morgan fingerprint density at radius 2 is 0.778 bits per heavy atom. The van der Waals surface area contributed by atoms with Crippen LogP contribution in [0.1, 0.15) is 0 Å². The first-order valence-corrected chi connectivity index (χ1v) is 22.8. The lowest BCUT2D eigenvalue weighted by Crippen LogP contribution is -2.09. The molecule has 4 heterocycles. The van der Waals surface area contributed by atoms with Gasteiger partial charge in [0, 0.05) is 49.6 Å². The molecule has 0 amide bonds. The van der Waals surface area contributed by atoms with Gasteiger partial charge < -0.3 is 4.90 Å². The predicted octanol–water partition coefficient (Wildman–Crippen LogP) is 17.1. The van der Waals surface area contributed by atoms with Crippen LogP contribution >= 0.6 is 22.7 Å². The Labute approximate surface area is 371 Å². The Morgan fingerprint density at radius 3 is 1.38 bits per heavy atom. The molecule has 3 nitrogen and oxygen atoms in total. The van der Waals surface area contributed by atoms with Gasteiger partial charge in [-0.3, -0.25) is 9.97 Å². The van der Waals surface area contributed by atoms with E-state index in [2.05, 4.69) is 193 Å². The molecule has 4 aromatic heterocycles. The quantitative estimate of drug-likeness (QED) is 0.156. The van der Waals surface area contributed by atoms with Crippen LogP contribution in [0.4, 0.5) is 17.1 Å². The molecular weight excluding hydrogens is 803 g/mol. The molecule has 63 heavy (non-hydrogen) atoms. The molecule has 13 rings (SSSR count). The molecule has 0 saturated heterocycles. The van der Waals surface area contributed by atoms with Crippen molar-refractivity contribution in [1.29, 1.82) is 0 Å². The van der Waals surface area contributed by atoms with Crippen LogP contribution in [0, 0.1) is 0 Å². The van der Waals surface area contributed by atoms with Crippen LogP contribution in [0.15, 0.2) is 213 Å². The zero-order chi connectivity index (χ0) is 41.4. The fourth-order valence-corrected chi connectivity index (χ4v) is 11.7. The third-order valence-electron chi connectivity index (χ3n) is 12.5. The average molecular weight is 838 g/mol. The highest BCUT2D eigenvalue weighted by Gasteiger charge is 2.18. The van der Waals surface area contributed by atoms with Crippen molar-refractivity contribution < 1.29 is 0 Å². The molecule has 0 aliphatic rings. The number of hydrogen-bond donors (Lipinski definition) is 0. The molecule has 0 fully saturated rings. The molecule has 9 aromatic carbocycles. The van der Waals surface area contributed by atoms with Gasteiger partial charge in [-0.2, -0.15) is 0 Å². The Balaban J connectivity index is 0.919. The van der Waals surface area contributed by atoms with Gasteiger partial charge in [-0.1, -0.05) is 115 Å². The van der Waals surface area contributed by atoms with Gasteiger partial charge in [0.25, 0.3) is 0 Å². The van der Waals surface area contributed by atoms with Crippen LogP contribution in [0.3, 0.4) is 0 Å². The van der Waals surface area contributed by atoms with Gasteiger partial charge in [0.1, 0.15) is 0 Å². The molecule has 0 unspecified atom stereocenters. The van der Waals surface area contributed by atoms with Gasteiger partial charge in [0.15, 0.2) is 0 Å². The van der Waals surface area contributed by atoms with Gasteiger partial charge in [0.05, 0.1) is 20.4 Å². The summed E-state index contributed by atoms with van der Waals surface area (Å²) in [6.07, 6.45) is 3.79. The predicted molar refractivity (Wildman–Crippen MR) is 271 cm³/mol. The van der Waals surface area contributed by atoms with Crippen molar-refractivity contribution in [2.75, 3.05) is 4.90 Å². The lowest BCUT2D eigenvalue weighted by Gasteiger charge is -2.26. The highest BCUT2D eigenvalue weighted by Crippen LogP contribution is 2.44. The van der Waals surface area contributed by atoms with Crippen LogP contribution < -0.4 is 4.90 Å². The maximum atomic E-state index is 4.81. The topological polar surface area (TPSA) is 29.0 Å². The van der Waals surface area contributed by atoms with Gasteiger partial charge >= 0.3 is 0 Å². The maximum Gasteiger partial charge on any atom is 0.0894 e. The van der Waals surface area contributed by atoms with E-state index in [0.717, 1.165) is 28.1 Å². The number of anilines is 3. The number of aromatic nitrogens is 2. The first-order chi connectivity index (χ1) is 31.2. The van der Waals surface area contributed by atoms with Crippen molar-refractivity contribution in [3.8, 4) is 33.4 Å². The van der Waals surface area contributed by atoms with E-state index in [-0.39, 0.29) is 0 Å². The Kier molecular flexibility index (Phi) is 8.26. The Bertz CT molecular complexity index is 3760. The minimum atomic E-state index is 1.06. The van der Waals surface area contributed by atoms with E-state index in [1.807, 2.05) is 24.5 Å². The summed E-state index contributed by atoms with van der Waals surface area (Å²) >= 11 is 3.60. The minimum Gasteiger partial charge on any atom is -0.310 e. The monoisotopic (exact) mass is 837 g/mol. The lowest BCUT2D eigenvalue weighted by atomic mass is 9.96. The number of thiophene rings is 2. The van der Waals surface area contributed by atoms with Crippen molar-refractivity contribution in [2.24, 2.45) is 0 Å². The van der Waals surface area contributed by atoms with E-state index < -0.39 is 0 Å². The molecule has 0 aliphatic carbocycles. The zero-order valence-corrected chi connectivity index (χ0v) is 35.5. The van der Waals surface area contributed by atoms with Gasteiger partial charge in [-0.25, -0.2) is 0 Å². The van der Waals surface area contributed by atoms with Crippen molar-refractivity contribution in [1.82, 2.24) is 9.97 Å². The highest BCUT2D eigenvalue weighted by atomic mass is 32.1. The van der Waals surface area contributed by atoms with Crippen LogP contribution in [-0.2, 0) is 0 Å². The lowest BCUT2D eigenvalue weighted by molar-refractivity contribution is 1.29. The summed E-state index contributed by atoms with van der Waals surface area (Å²) < 4.78 is 4.92. The Morgan fingerprint density at radius 1 is 0.317 bits per heavy atom. The van der Waals surface area contributed by atoms with Crippen molar-refractivity contribution in [3.05, 3.63) is 213 Å². The number of nitrogens with zero attached hydrogens (tertiary/aromatic N) is 3. The third-order valence-corrected chi connectivity index (χ3v) is 14.8. The average Bonchev–Trinajstić information content (AvgIpc) is 3.93. The van der Waals surface area contributed by atoms with Crippen LogP contribution in [0.2, 0.25) is 0 Å². The minimum absolute atomic E-state index is 1.06. The van der Waals surface area contributed by atoms with E-state index in [1.165, 1.54) is 95.3 Å². The van der Waals surface area contributed by atoms with Crippen molar-refractivity contribution in [2.45, 2.75) is 0 Å². The van der Waals surface area contributed by atoms with E-state index >= 15 is 0 Å². The first-order valence-electron chi connectivity index (χ1n) is 21.2. The van der Waals surface area contributed by atoms with E-state index in [1.54, 1.807) is 22.7 Å². The second-order valence-corrected chi connectivity index (χ2v) is 18.3. The van der Waals surface area contributed by atoms with Gasteiger partial charge in [-0.05, 0) is 151 Å². The number of benzene rings is 9. The molecule has 0 spiro atoms. The summed E-state index contributed by atoms with van der Waals surface area (Å²) in [5.74, 6) is 0. The summed E-state index contributed by atoms with van der Waals surface area (Å²) in [5.41, 5.74) is 12.6. The summed E-state index contributed by atoms with van der Waals surface area (Å²) in [6.45, 7) is 0. The molecule has 13 aromatic rings. The molecule has 5 heteroatoms. The van der Waals surface area contributed by atoms with Gasteiger partial charge in [-0.15, -0.1) is 22.7 Å². The third kappa shape index (κ3) is 6.00. The van der Waals surface area contributed by atoms with Crippen LogP contribution in [-0.4, -0.2) is 9.97 Å². The zero-order valence-electron chi connectivity index (χ0n) is 33.9. The van der Waals surface area contributed by atoms with Crippen molar-refractivity contribution >= 4 is 113 Å². The molecule has 0 bridgehead atoms. The molecule has 0 saturated carbocycles. The molecule has 294 valence electrons. The Hall–Kier alpha value is -7.70. The SMILES string of the molecule is c1ccc2cc(-c3ccc4c(ccc5cc(N(c6ccc(-c7cccc8sc9cccnc9c78)cc6)c6ccc(-c7cccc8sc9cccnc9c78)cc6)ccc54)c3)ccc2c1. The number of hydrogen-bond acceptors (Lipinski definition) is 5. The number of fused-ring (bicyclic) bond motifs is 10. The molecule has 0 aliphatic heterocycles. The largest absolute Gasteiger partial charge is 0.310 e. The molecular formula is C58H35N3S2. The second kappa shape index (κ2) is 14.5. The fraction of sp³-hybridized carbons (Fsp3) is 0. The smallest absolute Gasteiger partial charge is 0.0894 e. The van der Waals surface area contributed by atoms with Crippen molar-refractivity contribution in [3.63, 3.8) is 0 Å². The van der Waals surface area contributed by atoms with Crippen LogP contribution in [0.5, 0.6) is 0 Å². The molecule has 0 atom stereocenters. The number of rotatable bonds is 6. The highest BCUT2D eigenvalue weighted by molar-refractivity contribution is 7.26. The fourth-order valence-electron chi connectivity index (χ4n) is 9.53. The van der Waals surface area contributed by atoms with E-state index in [0.29, 0.717) is 0 Å². The summed E-state index contributed by atoms with van der Waals surface area (Å²) in [7, 11) is 0. The standard InChI is InChI=1S/C58H35N3S2/c1-2-8-39-33-40(16-15-36(39)7-1)41-23-29-47-42(34-41)17-18-43-35-46(28-30-48(43)47)61(44-24-19-37(20-25-44)49-9-3-11-51-55(49)57-53(62-51)13-5-31-59-57)45-26-21-38(22-27-45)50-10-4-12-52-56(50)58-54(63-52)14-6-32-60-58/h1-35H. The molecule has 0 N–H and O–H groups in total. The molecule has 0 radical (unpaired) electrons. The second-order valence-electron chi connectivity index (χ2n) is 16.2. The number of pyridine rings is 2. The summed E-state index contributed by atoms with van der Waals surface area (Å²) in [4.78, 5) is 12.0. The first kappa shape index (κ1) is 36.0.